The predicted octanol–water partition coefficient (Wildman–Crippen LogP) is 4.94. The van der Waals surface area contributed by atoms with Crippen LogP contribution in [-0.2, 0) is 10.0 Å². The average Bonchev–Trinajstić information content (AvgIpc) is 3.20. The van der Waals surface area contributed by atoms with Crippen LogP contribution in [0.4, 0.5) is 17.3 Å². The summed E-state index contributed by atoms with van der Waals surface area (Å²) in [6.45, 7) is 7.96. The van der Waals surface area contributed by atoms with Gasteiger partial charge in [0.05, 0.1) is 28.5 Å². The normalized spacial score (nSPS) is 12.5. The molecule has 2 aromatic heterocycles. The first-order chi connectivity index (χ1) is 14.0. The van der Waals surface area contributed by atoms with Crippen molar-refractivity contribution in [3.05, 3.63) is 40.3 Å². The molecule has 3 aromatic rings. The zero-order valence-electron chi connectivity index (χ0n) is 16.7. The molecular weight excluding hydrogens is 462 g/mol. The van der Waals surface area contributed by atoms with Gasteiger partial charge in [-0.05, 0) is 43.5 Å². The molecule has 31 heavy (non-hydrogen) atoms. The number of rotatable bonds is 7. The molecule has 3 rings (SSSR count). The number of hydrogen-bond acceptors (Lipinski definition) is 9. The van der Waals surface area contributed by atoms with Gasteiger partial charge >= 0.3 is 0 Å². The molecule has 0 saturated heterocycles. The monoisotopic (exact) mass is 487 g/mol. The second-order valence-corrected chi connectivity index (χ2v) is 9.59. The van der Waals surface area contributed by atoms with Crippen molar-refractivity contribution in [3.8, 4) is 5.75 Å². The smallest absolute Gasteiger partial charge is 0.243 e. The summed E-state index contributed by atoms with van der Waals surface area (Å²) >= 11 is 6.85. The van der Waals surface area contributed by atoms with Gasteiger partial charge in [-0.2, -0.15) is 8.75 Å². The number of aryl methyl sites for hydroxylation is 2. The molecule has 0 saturated carbocycles. The van der Waals surface area contributed by atoms with Crippen LogP contribution in [0.3, 0.4) is 0 Å². The number of aromatic hydroxyl groups is 1. The molecule has 0 aliphatic heterocycles. The van der Waals surface area contributed by atoms with Crippen molar-refractivity contribution in [2.24, 2.45) is 11.1 Å². The van der Waals surface area contributed by atoms with E-state index in [0.717, 1.165) is 28.8 Å². The summed E-state index contributed by atoms with van der Waals surface area (Å²) in [6, 6.07) is 4.54. The van der Waals surface area contributed by atoms with Gasteiger partial charge in [-0.3, -0.25) is 0 Å². The number of sulfonamides is 1. The van der Waals surface area contributed by atoms with Gasteiger partial charge in [-0.25, -0.2) is 13.6 Å². The summed E-state index contributed by atoms with van der Waals surface area (Å²) in [6.07, 6.45) is 0. The number of furan rings is 1. The van der Waals surface area contributed by atoms with Crippen LogP contribution in [-0.4, -0.2) is 22.3 Å². The van der Waals surface area contributed by atoms with Gasteiger partial charge in [0.2, 0.25) is 10.0 Å². The maximum atomic E-state index is 11.8. The number of phenols is 1. The van der Waals surface area contributed by atoms with E-state index in [4.69, 9.17) is 21.2 Å². The van der Waals surface area contributed by atoms with Crippen LogP contribution in [0.1, 0.15) is 44.4 Å². The highest BCUT2D eigenvalue weighted by atomic mass is 35.5. The zero-order chi connectivity index (χ0) is 22.2. The number of anilines is 3. The molecule has 0 radical (unpaired) electrons. The van der Waals surface area contributed by atoms with Crippen LogP contribution in [0, 0.1) is 19.8 Å². The molecule has 0 bridgehead atoms. The van der Waals surface area contributed by atoms with E-state index in [1.807, 2.05) is 33.8 Å². The van der Waals surface area contributed by atoms with Gasteiger partial charge < -0.3 is 20.2 Å². The zero-order valence-corrected chi connectivity index (χ0v) is 19.1. The number of benzene rings is 1. The number of aromatic nitrogens is 2. The molecular formula is C19H26ClN5O4S2. The molecule has 0 fully saturated rings. The Morgan fingerprint density at radius 1 is 1.23 bits per heavy atom. The van der Waals surface area contributed by atoms with E-state index in [2.05, 4.69) is 19.4 Å². The maximum absolute atomic E-state index is 11.8. The third-order valence-corrected chi connectivity index (χ3v) is 6.50. The number of nitrogens with two attached hydrogens (primary N) is 1. The fourth-order valence-corrected chi connectivity index (χ4v) is 4.55. The number of nitrogens with zero attached hydrogens (tertiary/aromatic N) is 2. The van der Waals surface area contributed by atoms with E-state index in [1.165, 1.54) is 12.1 Å². The lowest BCUT2D eigenvalue weighted by atomic mass is 10.0. The third kappa shape index (κ3) is 5.29. The minimum absolute atomic E-state index is 0. The molecule has 1 atom stereocenters. The first kappa shape index (κ1) is 24.9. The highest BCUT2D eigenvalue weighted by Gasteiger charge is 2.25. The van der Waals surface area contributed by atoms with Gasteiger partial charge in [-0.15, -0.1) is 0 Å². The fraction of sp³-hybridized carbons (Fsp3) is 0.368. The summed E-state index contributed by atoms with van der Waals surface area (Å²) in [5.74, 6) is 1.92. The Morgan fingerprint density at radius 2 is 1.87 bits per heavy atom. The topological polar surface area (TPSA) is 143 Å². The Bertz CT molecular complexity index is 1150. The summed E-state index contributed by atoms with van der Waals surface area (Å²) in [5.41, 5.74) is 1.12. The van der Waals surface area contributed by atoms with Gasteiger partial charge in [0.1, 0.15) is 16.4 Å². The molecule has 0 aliphatic carbocycles. The number of hydrogen-bond donors (Lipinski definition) is 4. The lowest BCUT2D eigenvalue weighted by Crippen LogP contribution is -2.17. The molecule has 0 aliphatic rings. The predicted molar refractivity (Wildman–Crippen MR) is 124 cm³/mol. The Kier molecular flexibility index (Phi) is 7.58. The molecule has 0 amide bonds. The molecule has 0 unspecified atom stereocenters. The SMILES string of the molecule is C.Cc1cc([C@H](Nc2nsnc2Nc2ccc(Cl)c(S(N)(=O)=O)c2O)C(C)C)oc1C. The minimum Gasteiger partial charge on any atom is -0.504 e. The standard InChI is InChI=1S/C18H22ClN5O4S2.CH4/c1-8(2)14(13-7-9(3)10(4)28-13)22-18-17(23-29-24-18)21-12-6-5-11(19)16(15(12)25)30(20,26)27;/h5-8,14,25H,1-4H3,(H,21,23)(H,22,24)(H2,20,26,27);1H4/t14-;/m1./s1. The highest BCUT2D eigenvalue weighted by Crippen LogP contribution is 2.39. The Hall–Kier alpha value is -2.34. The van der Waals surface area contributed by atoms with Crippen LogP contribution in [0.2, 0.25) is 5.02 Å². The molecule has 5 N–H and O–H groups in total. The van der Waals surface area contributed by atoms with Gasteiger partial charge in [-0.1, -0.05) is 32.9 Å². The number of nitrogens with one attached hydrogen (secondary N) is 2. The maximum Gasteiger partial charge on any atom is 0.243 e. The quantitative estimate of drug-likeness (QED) is 0.343. The van der Waals surface area contributed by atoms with Crippen molar-refractivity contribution in [1.29, 1.82) is 0 Å². The third-order valence-electron chi connectivity index (χ3n) is 4.56. The van der Waals surface area contributed by atoms with Crippen LogP contribution in [0.15, 0.2) is 27.5 Å². The van der Waals surface area contributed by atoms with Gasteiger partial charge in [0, 0.05) is 0 Å². The minimum atomic E-state index is -4.23. The summed E-state index contributed by atoms with van der Waals surface area (Å²) in [7, 11) is -4.23. The number of primary sulfonamides is 1. The molecule has 12 heteroatoms. The number of phenolic OH excluding ortho intramolecular Hbond substituents is 1. The average molecular weight is 488 g/mol. The van der Waals surface area contributed by atoms with Gasteiger partial charge in [0.15, 0.2) is 17.4 Å². The van der Waals surface area contributed by atoms with E-state index >= 15 is 0 Å². The van der Waals surface area contributed by atoms with Crippen molar-refractivity contribution in [2.75, 3.05) is 10.6 Å². The highest BCUT2D eigenvalue weighted by molar-refractivity contribution is 7.89. The second-order valence-electron chi connectivity index (χ2n) is 7.16. The molecule has 9 nitrogen and oxygen atoms in total. The van der Waals surface area contributed by atoms with Crippen LogP contribution in [0.25, 0.3) is 0 Å². The van der Waals surface area contributed by atoms with Crippen molar-refractivity contribution in [3.63, 3.8) is 0 Å². The van der Waals surface area contributed by atoms with Gasteiger partial charge in [0.25, 0.3) is 0 Å². The summed E-state index contributed by atoms with van der Waals surface area (Å²) < 4.78 is 37.9. The second kappa shape index (κ2) is 9.43. The van der Waals surface area contributed by atoms with Crippen molar-refractivity contribution in [1.82, 2.24) is 8.75 Å². The molecule has 1 aromatic carbocycles. The fourth-order valence-electron chi connectivity index (χ4n) is 2.88. The van der Waals surface area contributed by atoms with E-state index in [1.54, 1.807) is 0 Å². The first-order valence-electron chi connectivity index (χ1n) is 8.96. The van der Waals surface area contributed by atoms with E-state index < -0.39 is 20.7 Å². The van der Waals surface area contributed by atoms with Crippen LogP contribution >= 0.6 is 23.3 Å². The van der Waals surface area contributed by atoms with E-state index in [0.29, 0.717) is 11.6 Å². The number of halogens is 1. The summed E-state index contributed by atoms with van der Waals surface area (Å²) in [5, 5.41) is 21.6. The van der Waals surface area contributed by atoms with Crippen LogP contribution < -0.4 is 15.8 Å². The molecule has 170 valence electrons. The Morgan fingerprint density at radius 3 is 2.42 bits per heavy atom. The van der Waals surface area contributed by atoms with Crippen molar-refractivity contribution < 1.29 is 17.9 Å². The van der Waals surface area contributed by atoms with Crippen LogP contribution in [0.5, 0.6) is 5.75 Å². The molecule has 0 spiro atoms. The van der Waals surface area contributed by atoms with E-state index in [9.17, 15) is 13.5 Å². The van der Waals surface area contributed by atoms with Crippen molar-refractivity contribution >= 4 is 50.7 Å². The van der Waals surface area contributed by atoms with Crippen molar-refractivity contribution in [2.45, 2.75) is 46.1 Å². The largest absolute Gasteiger partial charge is 0.504 e. The Labute approximate surface area is 191 Å². The lowest BCUT2D eigenvalue weighted by molar-refractivity contribution is 0.408. The van der Waals surface area contributed by atoms with E-state index in [-0.39, 0.29) is 30.1 Å². The first-order valence-corrected chi connectivity index (χ1v) is 11.6. The molecule has 2 heterocycles. The summed E-state index contributed by atoms with van der Waals surface area (Å²) in [4.78, 5) is -0.562. The Balaban J connectivity index is 0.00000341. The lowest BCUT2D eigenvalue weighted by Gasteiger charge is -2.21.